The molecular formula is C47H82O6. The molecule has 306 valence electrons. The molecule has 0 fully saturated rings. The first-order valence-electron chi connectivity index (χ1n) is 22.1. The van der Waals surface area contributed by atoms with Crippen molar-refractivity contribution in [2.75, 3.05) is 13.2 Å². The van der Waals surface area contributed by atoms with Gasteiger partial charge in [0.05, 0.1) is 0 Å². The maximum absolute atomic E-state index is 12.6. The van der Waals surface area contributed by atoms with Crippen molar-refractivity contribution in [3.8, 4) is 0 Å². The third kappa shape index (κ3) is 40.4. The molecule has 0 saturated carbocycles. The maximum atomic E-state index is 12.6. The van der Waals surface area contributed by atoms with E-state index in [0.717, 1.165) is 96.3 Å². The Morgan fingerprint density at radius 3 is 1.25 bits per heavy atom. The molecule has 0 aromatic carbocycles. The number of hydrogen-bond donors (Lipinski definition) is 0. The van der Waals surface area contributed by atoms with Gasteiger partial charge in [-0.25, -0.2) is 0 Å². The van der Waals surface area contributed by atoms with Crippen molar-refractivity contribution in [3.05, 3.63) is 48.6 Å². The molecule has 1 unspecified atom stereocenters. The summed E-state index contributed by atoms with van der Waals surface area (Å²) in [6.07, 6.45) is 48.2. The second kappa shape index (κ2) is 42.1. The van der Waals surface area contributed by atoms with Gasteiger partial charge in [-0.05, 0) is 89.9 Å². The predicted octanol–water partition coefficient (Wildman–Crippen LogP) is 14.0. The van der Waals surface area contributed by atoms with E-state index in [1.807, 2.05) is 0 Å². The highest BCUT2D eigenvalue weighted by Crippen LogP contribution is 2.13. The molecule has 6 heteroatoms. The highest BCUT2D eigenvalue weighted by atomic mass is 16.6. The molecule has 0 aromatic rings. The van der Waals surface area contributed by atoms with Gasteiger partial charge in [-0.2, -0.15) is 0 Å². The lowest BCUT2D eigenvalue weighted by molar-refractivity contribution is -0.167. The number of carbonyl (C=O) groups is 3. The highest BCUT2D eigenvalue weighted by Gasteiger charge is 2.19. The van der Waals surface area contributed by atoms with E-state index < -0.39 is 6.10 Å². The standard InChI is InChI=1S/C47H82O6/c1-4-7-10-13-16-19-21-22-23-24-25-26-29-31-34-37-40-46(49)52-43-44(42-51-45(48)39-36-33-30-27-18-15-12-9-6-3)53-47(50)41-38-35-32-28-20-17-14-11-8-5-2/h9,12,14,17-18,23-24,27,44H,4-8,10-11,13,15-16,19-22,25-26,28-43H2,1-3H3/b12-9-,17-14-,24-23-,27-18-. The van der Waals surface area contributed by atoms with Crippen molar-refractivity contribution in [1.29, 1.82) is 0 Å². The Morgan fingerprint density at radius 2 is 0.755 bits per heavy atom. The van der Waals surface area contributed by atoms with Crippen LogP contribution in [0.15, 0.2) is 48.6 Å². The minimum Gasteiger partial charge on any atom is -0.462 e. The van der Waals surface area contributed by atoms with Crippen LogP contribution in [0.1, 0.15) is 213 Å². The lowest BCUT2D eigenvalue weighted by Gasteiger charge is -2.18. The van der Waals surface area contributed by atoms with Gasteiger partial charge in [-0.15, -0.1) is 0 Å². The first kappa shape index (κ1) is 50.4. The Hall–Kier alpha value is -2.63. The first-order valence-corrected chi connectivity index (χ1v) is 22.1. The second-order valence-electron chi connectivity index (χ2n) is 14.6. The topological polar surface area (TPSA) is 78.9 Å². The van der Waals surface area contributed by atoms with Crippen molar-refractivity contribution >= 4 is 17.9 Å². The van der Waals surface area contributed by atoms with Gasteiger partial charge in [0.25, 0.3) is 0 Å². The molecule has 0 rings (SSSR count). The van der Waals surface area contributed by atoms with Crippen LogP contribution < -0.4 is 0 Å². The van der Waals surface area contributed by atoms with Gasteiger partial charge in [0.2, 0.25) is 0 Å². The molecule has 0 amide bonds. The van der Waals surface area contributed by atoms with E-state index in [-0.39, 0.29) is 31.1 Å². The van der Waals surface area contributed by atoms with E-state index in [2.05, 4.69) is 69.4 Å². The number of ether oxygens (including phenoxy) is 3. The van der Waals surface area contributed by atoms with Crippen molar-refractivity contribution in [2.45, 2.75) is 219 Å². The van der Waals surface area contributed by atoms with Crippen LogP contribution in [0.4, 0.5) is 0 Å². The van der Waals surface area contributed by atoms with E-state index in [0.29, 0.717) is 19.3 Å². The van der Waals surface area contributed by atoms with Gasteiger partial charge in [0.1, 0.15) is 13.2 Å². The van der Waals surface area contributed by atoms with Crippen LogP contribution in [-0.2, 0) is 28.6 Å². The molecule has 0 spiro atoms. The molecule has 0 saturated heterocycles. The van der Waals surface area contributed by atoms with Crippen LogP contribution >= 0.6 is 0 Å². The van der Waals surface area contributed by atoms with Crippen LogP contribution in [0, 0.1) is 0 Å². The van der Waals surface area contributed by atoms with Crippen LogP contribution in [0.5, 0.6) is 0 Å². The summed E-state index contributed by atoms with van der Waals surface area (Å²) in [6, 6.07) is 0. The van der Waals surface area contributed by atoms with E-state index in [9.17, 15) is 14.4 Å². The summed E-state index contributed by atoms with van der Waals surface area (Å²) in [5.41, 5.74) is 0. The fourth-order valence-corrected chi connectivity index (χ4v) is 5.92. The van der Waals surface area contributed by atoms with E-state index in [4.69, 9.17) is 14.2 Å². The van der Waals surface area contributed by atoms with E-state index >= 15 is 0 Å². The average molecular weight is 743 g/mol. The quantitative estimate of drug-likeness (QED) is 0.0270. The average Bonchev–Trinajstić information content (AvgIpc) is 3.15. The fraction of sp³-hybridized carbons (Fsp3) is 0.766. The molecule has 53 heavy (non-hydrogen) atoms. The number of carbonyl (C=O) groups excluding carboxylic acids is 3. The molecule has 1 atom stereocenters. The molecule has 0 bridgehead atoms. The van der Waals surface area contributed by atoms with Gasteiger partial charge < -0.3 is 14.2 Å². The Labute approximate surface area is 327 Å². The Bertz CT molecular complexity index is 949. The predicted molar refractivity (Wildman–Crippen MR) is 224 cm³/mol. The monoisotopic (exact) mass is 743 g/mol. The zero-order valence-corrected chi connectivity index (χ0v) is 34.8. The summed E-state index contributed by atoms with van der Waals surface area (Å²) in [5.74, 6) is -0.956. The zero-order chi connectivity index (χ0) is 38.7. The SMILES string of the molecule is CC/C=C\C/C=C\CCCCC(=O)OCC(COC(=O)CCCCCCC/C=C\CCCCCCCCC)OC(=O)CCCCCC/C=C\CCCC. The molecule has 0 aliphatic rings. The van der Waals surface area contributed by atoms with Crippen LogP contribution in [0.25, 0.3) is 0 Å². The molecule has 0 heterocycles. The molecule has 0 aliphatic carbocycles. The zero-order valence-electron chi connectivity index (χ0n) is 34.8. The summed E-state index contributed by atoms with van der Waals surface area (Å²) in [6.45, 7) is 6.40. The van der Waals surface area contributed by atoms with Crippen molar-refractivity contribution < 1.29 is 28.6 Å². The van der Waals surface area contributed by atoms with E-state index in [1.54, 1.807) is 0 Å². The summed E-state index contributed by atoms with van der Waals surface area (Å²) < 4.78 is 16.6. The number of unbranched alkanes of at least 4 members (excludes halogenated alkanes) is 20. The van der Waals surface area contributed by atoms with Crippen LogP contribution in [0.3, 0.4) is 0 Å². The molecule has 0 N–H and O–H groups in total. The summed E-state index contributed by atoms with van der Waals surface area (Å²) in [7, 11) is 0. The van der Waals surface area contributed by atoms with Gasteiger partial charge >= 0.3 is 17.9 Å². The third-order valence-corrected chi connectivity index (χ3v) is 9.29. The Balaban J connectivity index is 4.36. The van der Waals surface area contributed by atoms with Crippen LogP contribution in [-0.4, -0.2) is 37.2 Å². The molecule has 0 aromatic heterocycles. The molecular weight excluding hydrogens is 661 g/mol. The van der Waals surface area contributed by atoms with E-state index in [1.165, 1.54) is 77.0 Å². The molecule has 0 radical (unpaired) electrons. The van der Waals surface area contributed by atoms with Gasteiger partial charge in [-0.1, -0.05) is 153 Å². The van der Waals surface area contributed by atoms with Crippen molar-refractivity contribution in [2.24, 2.45) is 0 Å². The largest absolute Gasteiger partial charge is 0.462 e. The number of esters is 3. The lowest BCUT2D eigenvalue weighted by atomic mass is 10.1. The highest BCUT2D eigenvalue weighted by molar-refractivity contribution is 5.71. The fourth-order valence-electron chi connectivity index (χ4n) is 5.92. The molecule has 0 aliphatic heterocycles. The Kier molecular flexibility index (Phi) is 40.0. The number of hydrogen-bond acceptors (Lipinski definition) is 6. The summed E-state index contributed by atoms with van der Waals surface area (Å²) >= 11 is 0. The molecule has 6 nitrogen and oxygen atoms in total. The summed E-state index contributed by atoms with van der Waals surface area (Å²) in [5, 5.41) is 0. The minimum atomic E-state index is -0.790. The van der Waals surface area contributed by atoms with Crippen molar-refractivity contribution in [1.82, 2.24) is 0 Å². The number of allylic oxidation sites excluding steroid dienone is 8. The lowest BCUT2D eigenvalue weighted by Crippen LogP contribution is -2.30. The maximum Gasteiger partial charge on any atom is 0.306 e. The smallest absolute Gasteiger partial charge is 0.306 e. The second-order valence-corrected chi connectivity index (χ2v) is 14.6. The van der Waals surface area contributed by atoms with Crippen LogP contribution in [0.2, 0.25) is 0 Å². The Morgan fingerprint density at radius 1 is 0.396 bits per heavy atom. The first-order chi connectivity index (χ1) is 26.0. The van der Waals surface area contributed by atoms with Gasteiger partial charge in [0, 0.05) is 19.3 Å². The van der Waals surface area contributed by atoms with Crippen molar-refractivity contribution in [3.63, 3.8) is 0 Å². The van der Waals surface area contributed by atoms with Gasteiger partial charge in [0.15, 0.2) is 6.10 Å². The normalized spacial score (nSPS) is 12.4. The summed E-state index contributed by atoms with van der Waals surface area (Å²) in [4.78, 5) is 37.6. The minimum absolute atomic E-state index is 0.0926. The van der Waals surface area contributed by atoms with Gasteiger partial charge in [-0.3, -0.25) is 14.4 Å². The third-order valence-electron chi connectivity index (χ3n) is 9.29. The number of rotatable bonds is 39.